The third-order valence-electron chi connectivity index (χ3n) is 15.3. The van der Waals surface area contributed by atoms with E-state index in [1.807, 2.05) is 38.1 Å². The van der Waals surface area contributed by atoms with Crippen molar-refractivity contribution in [3.63, 3.8) is 0 Å². The molecule has 0 aliphatic heterocycles. The molecule has 2 heterocycles. The van der Waals surface area contributed by atoms with Gasteiger partial charge >= 0.3 is 0 Å². The molecule has 4 N–H and O–H groups in total. The van der Waals surface area contributed by atoms with Gasteiger partial charge in [0.05, 0.1) is 5.69 Å². The van der Waals surface area contributed by atoms with E-state index >= 15 is 0 Å². The van der Waals surface area contributed by atoms with E-state index in [1.54, 1.807) is 0 Å². The summed E-state index contributed by atoms with van der Waals surface area (Å²) in [5.41, 5.74) is 13.1. The predicted octanol–water partition coefficient (Wildman–Crippen LogP) is 10.8. The van der Waals surface area contributed by atoms with Crippen molar-refractivity contribution in [2.24, 2.45) is 52.1 Å². The summed E-state index contributed by atoms with van der Waals surface area (Å²) in [4.78, 5) is 13.1. The maximum atomic E-state index is 5.49. The molecule has 3 saturated carbocycles. The number of aromatic nitrogens is 2. The maximum absolute atomic E-state index is 5.49. The molecule has 4 aliphatic rings. The molecular weight excluding hydrogens is 699 g/mol. The zero-order valence-corrected chi connectivity index (χ0v) is 38.1. The van der Waals surface area contributed by atoms with Crippen molar-refractivity contribution >= 4 is 11.4 Å². The second-order valence-corrected chi connectivity index (χ2v) is 20.0. The normalized spacial score (nSPS) is 28.5. The lowest BCUT2D eigenvalue weighted by molar-refractivity contribution is -0.0514. The third kappa shape index (κ3) is 12.1. The number of nitrogens with one attached hydrogen (secondary N) is 2. The number of rotatable bonds is 19. The molecule has 0 unspecified atom stereocenters. The van der Waals surface area contributed by atoms with Crippen molar-refractivity contribution in [3.05, 3.63) is 59.7 Å². The van der Waals surface area contributed by atoms with Crippen molar-refractivity contribution < 1.29 is 0 Å². The number of hydrogen-bond donors (Lipinski definition) is 3. The van der Waals surface area contributed by atoms with E-state index in [1.165, 1.54) is 101 Å². The molecule has 7 heteroatoms. The minimum atomic E-state index is 0.467. The van der Waals surface area contributed by atoms with Crippen LogP contribution < -0.4 is 21.3 Å². The molecule has 2 aromatic heterocycles. The Morgan fingerprint density at radius 1 is 0.877 bits per heavy atom. The first-order valence-electron chi connectivity index (χ1n) is 23.5. The van der Waals surface area contributed by atoms with E-state index in [0.717, 1.165) is 80.2 Å². The van der Waals surface area contributed by atoms with Crippen LogP contribution in [0.5, 0.6) is 0 Å². The maximum Gasteiger partial charge on any atom is 0.0564 e. The Bertz CT molecular complexity index is 1520. The summed E-state index contributed by atoms with van der Waals surface area (Å²) >= 11 is 0. The zero-order chi connectivity index (χ0) is 41.0. The number of allylic oxidation sites excluding steroid dienone is 1. The summed E-state index contributed by atoms with van der Waals surface area (Å²) in [6, 6.07) is 9.12. The van der Waals surface area contributed by atoms with Gasteiger partial charge in [0.2, 0.25) is 0 Å². The molecule has 0 aromatic carbocycles. The van der Waals surface area contributed by atoms with E-state index in [9.17, 15) is 0 Å². The van der Waals surface area contributed by atoms with Gasteiger partial charge in [-0.3, -0.25) is 14.9 Å². The van der Waals surface area contributed by atoms with Crippen LogP contribution in [0.4, 0.5) is 11.4 Å². The van der Waals surface area contributed by atoms with Crippen LogP contribution in [0, 0.1) is 46.3 Å². The lowest BCUT2D eigenvalue weighted by Crippen LogP contribution is -2.51. The fourth-order valence-corrected chi connectivity index (χ4v) is 12.0. The van der Waals surface area contributed by atoms with Crippen LogP contribution >= 0.6 is 0 Å². The molecule has 7 nitrogen and oxygen atoms in total. The Balaban J connectivity index is 0.000000348. The molecule has 2 aromatic rings. The predicted molar refractivity (Wildman–Crippen MR) is 245 cm³/mol. The molecule has 0 saturated heterocycles. The second kappa shape index (κ2) is 21.7. The van der Waals surface area contributed by atoms with Gasteiger partial charge < -0.3 is 21.3 Å². The van der Waals surface area contributed by atoms with Crippen LogP contribution in [0.15, 0.2) is 48.3 Å². The van der Waals surface area contributed by atoms with Crippen molar-refractivity contribution in [2.45, 2.75) is 150 Å². The number of pyridine rings is 2. The molecule has 4 aliphatic carbocycles. The number of aryl methyl sites for hydroxylation is 1. The van der Waals surface area contributed by atoms with Gasteiger partial charge in [-0.05, 0) is 155 Å². The number of nitrogens with two attached hydrogens (primary N) is 1. The number of anilines is 2. The molecule has 320 valence electrons. The molecule has 0 radical (unpaired) electrons. The van der Waals surface area contributed by atoms with Gasteiger partial charge in [0.1, 0.15) is 0 Å². The number of fused-ring (bicyclic) bond motifs is 5. The summed E-state index contributed by atoms with van der Waals surface area (Å²) in [5, 5.41) is 7.59. The average Bonchev–Trinajstić information content (AvgIpc) is 3.54. The molecule has 3 fully saturated rings. The minimum absolute atomic E-state index is 0.467. The second-order valence-electron chi connectivity index (χ2n) is 20.0. The highest BCUT2D eigenvalue weighted by atomic mass is 15.1. The quantitative estimate of drug-likeness (QED) is 0.0967. The summed E-state index contributed by atoms with van der Waals surface area (Å²) in [7, 11) is 6.11. The zero-order valence-electron chi connectivity index (χ0n) is 38.1. The topological polar surface area (TPSA) is 82.3 Å². The molecule has 6 rings (SSSR count). The SMILES string of the molecule is CCCc1cc(NCCCCN[C@@H]2CC[C@@]3(C)C(=CC[C@H]4[C@@H]5CC[C@H]([C@H](C)CCCC(C)C)[C@@]5(C)CC[C@@H]43)C2)ccn1.CN(CCN)Cc1cc(N(C)C)ccn1. The highest BCUT2D eigenvalue weighted by molar-refractivity contribution is 5.45. The highest BCUT2D eigenvalue weighted by Crippen LogP contribution is 2.67. The van der Waals surface area contributed by atoms with Gasteiger partial charge in [-0.15, -0.1) is 0 Å². The Labute approximate surface area is 350 Å². The van der Waals surface area contributed by atoms with Crippen LogP contribution in [0.25, 0.3) is 0 Å². The largest absolute Gasteiger partial charge is 0.385 e. The third-order valence-corrected chi connectivity index (χ3v) is 15.3. The Kier molecular flexibility index (Phi) is 17.3. The van der Waals surface area contributed by atoms with E-state index in [4.69, 9.17) is 5.73 Å². The van der Waals surface area contributed by atoms with Crippen LogP contribution in [0.2, 0.25) is 0 Å². The van der Waals surface area contributed by atoms with E-state index in [0.29, 0.717) is 23.4 Å². The van der Waals surface area contributed by atoms with Crippen LogP contribution in [-0.2, 0) is 13.0 Å². The first kappa shape index (κ1) is 45.6. The molecule has 0 amide bonds. The lowest BCUT2D eigenvalue weighted by atomic mass is 9.47. The number of nitrogens with zero attached hydrogens (tertiary/aromatic N) is 4. The number of unbranched alkanes of at least 4 members (excludes halogenated alkanes) is 1. The molecule has 0 bridgehead atoms. The van der Waals surface area contributed by atoms with E-state index < -0.39 is 0 Å². The average molecular weight is 784 g/mol. The standard InChI is InChI=1S/C39H65N3.C11H20N4/c1-7-11-31-27-33(20-25-42-31)41-24-9-8-23-40-32-18-21-38(5)30(26-32)14-15-34-36-17-16-35(29(4)13-10-12-28(2)3)39(36,6)22-19-37(34)38;1-14(2)11-4-6-13-10(8-11)9-15(3)7-5-12/h14,20,25,27-29,32,34-37,40H,7-13,15-19,21-24,26H2,1-6H3,(H,41,42);4,6,8H,5,7,9,12H2,1-3H3/t29-,32-,34+,35-,36+,37+,38+,39-;/m1./s1. The number of hydrogen-bond acceptors (Lipinski definition) is 7. The summed E-state index contributed by atoms with van der Waals surface area (Å²) in [6.07, 6.45) is 27.0. The van der Waals surface area contributed by atoms with Gasteiger partial charge in [-0.1, -0.05) is 78.9 Å². The summed E-state index contributed by atoms with van der Waals surface area (Å²) < 4.78 is 0. The van der Waals surface area contributed by atoms with E-state index in [-0.39, 0.29) is 0 Å². The van der Waals surface area contributed by atoms with Crippen LogP contribution in [0.1, 0.15) is 143 Å². The number of likely N-dealkylation sites (N-methyl/N-ethyl adjacent to an activating group) is 1. The molecular formula is C50H85N7. The highest BCUT2D eigenvalue weighted by Gasteiger charge is 2.59. The van der Waals surface area contributed by atoms with E-state index in [2.05, 4.69) is 103 Å². The van der Waals surface area contributed by atoms with Crippen molar-refractivity contribution in [1.82, 2.24) is 20.2 Å². The molecule has 0 spiro atoms. The fourth-order valence-electron chi connectivity index (χ4n) is 12.0. The van der Waals surface area contributed by atoms with Crippen LogP contribution in [0.3, 0.4) is 0 Å². The van der Waals surface area contributed by atoms with Crippen molar-refractivity contribution in [1.29, 1.82) is 0 Å². The Morgan fingerprint density at radius 2 is 1.65 bits per heavy atom. The van der Waals surface area contributed by atoms with Crippen molar-refractivity contribution in [2.75, 3.05) is 57.5 Å². The van der Waals surface area contributed by atoms with Gasteiger partial charge in [-0.25, -0.2) is 0 Å². The fraction of sp³-hybridized carbons (Fsp3) is 0.760. The Morgan fingerprint density at radius 3 is 2.40 bits per heavy atom. The first-order valence-corrected chi connectivity index (χ1v) is 23.5. The van der Waals surface area contributed by atoms with Gasteiger partial charge in [0, 0.05) is 75.8 Å². The summed E-state index contributed by atoms with van der Waals surface area (Å²) in [6.45, 7) is 19.7. The van der Waals surface area contributed by atoms with Crippen LogP contribution in [-0.4, -0.2) is 68.2 Å². The van der Waals surface area contributed by atoms with Gasteiger partial charge in [0.15, 0.2) is 0 Å². The summed E-state index contributed by atoms with van der Waals surface area (Å²) in [5.74, 6) is 5.58. The lowest BCUT2D eigenvalue weighted by Gasteiger charge is -2.58. The first-order chi connectivity index (χ1) is 27.4. The molecule has 8 atom stereocenters. The monoisotopic (exact) mass is 784 g/mol. The van der Waals surface area contributed by atoms with Gasteiger partial charge in [-0.2, -0.15) is 0 Å². The smallest absolute Gasteiger partial charge is 0.0564 e. The van der Waals surface area contributed by atoms with Gasteiger partial charge in [0.25, 0.3) is 0 Å². The molecule has 57 heavy (non-hydrogen) atoms. The Hall–Kier alpha value is -2.48. The van der Waals surface area contributed by atoms with Crippen molar-refractivity contribution in [3.8, 4) is 0 Å². The minimum Gasteiger partial charge on any atom is -0.385 e.